The molecule has 0 aliphatic heterocycles. The minimum atomic E-state index is -0.574. The lowest BCUT2D eigenvalue weighted by Gasteiger charge is -2.24. The Hall–Kier alpha value is -2.21. The summed E-state index contributed by atoms with van der Waals surface area (Å²) in [7, 11) is 0. The molecule has 1 saturated carbocycles. The van der Waals surface area contributed by atoms with Gasteiger partial charge in [-0.3, -0.25) is 4.79 Å². The van der Waals surface area contributed by atoms with E-state index in [0.717, 1.165) is 25.7 Å². The van der Waals surface area contributed by atoms with Crippen molar-refractivity contribution in [2.75, 3.05) is 6.61 Å². The van der Waals surface area contributed by atoms with Crippen LogP contribution in [-0.2, 0) is 0 Å². The Balaban J connectivity index is 1.86. The van der Waals surface area contributed by atoms with Gasteiger partial charge in [-0.05, 0) is 43.4 Å². The molecule has 6 heteroatoms. The second-order valence-electron chi connectivity index (χ2n) is 6.22. The van der Waals surface area contributed by atoms with Gasteiger partial charge in [-0.1, -0.05) is 18.9 Å². The smallest absolute Gasteiger partial charge is 0.256 e. The maximum absolute atomic E-state index is 14.4. The van der Waals surface area contributed by atoms with Gasteiger partial charge in [-0.15, -0.1) is 0 Å². The van der Waals surface area contributed by atoms with Crippen LogP contribution in [0.1, 0.15) is 42.5 Å². The van der Waals surface area contributed by atoms with Crippen LogP contribution in [0.15, 0.2) is 36.7 Å². The Morgan fingerprint density at radius 2 is 2.17 bits per heavy atom. The quantitative estimate of drug-likeness (QED) is 0.855. The van der Waals surface area contributed by atoms with E-state index in [2.05, 4.69) is 10.4 Å². The summed E-state index contributed by atoms with van der Waals surface area (Å²) in [5.74, 6) is -0.681. The number of aliphatic hydroxyl groups excluding tert-OH is 1. The van der Waals surface area contributed by atoms with Crippen molar-refractivity contribution in [3.8, 4) is 5.69 Å². The van der Waals surface area contributed by atoms with Gasteiger partial charge in [-0.2, -0.15) is 5.10 Å². The first-order chi connectivity index (χ1) is 11.7. The summed E-state index contributed by atoms with van der Waals surface area (Å²) in [6, 6.07) is 6.10. The van der Waals surface area contributed by atoms with Gasteiger partial charge in [0.1, 0.15) is 11.4 Å². The zero-order valence-corrected chi connectivity index (χ0v) is 13.5. The van der Waals surface area contributed by atoms with Crippen molar-refractivity contribution in [3.05, 3.63) is 48.0 Å². The highest BCUT2D eigenvalue weighted by Crippen LogP contribution is 2.29. The topological polar surface area (TPSA) is 67.2 Å². The molecule has 1 aromatic heterocycles. The number of aliphatic hydroxyl groups is 1. The Morgan fingerprint density at radius 3 is 2.83 bits per heavy atom. The molecule has 1 atom stereocenters. The predicted molar refractivity (Wildman–Crippen MR) is 88.4 cm³/mol. The lowest BCUT2D eigenvalue weighted by Crippen LogP contribution is -2.41. The average Bonchev–Trinajstić information content (AvgIpc) is 3.27. The lowest BCUT2D eigenvalue weighted by molar-refractivity contribution is 0.0907. The summed E-state index contributed by atoms with van der Waals surface area (Å²) in [6.07, 6.45) is 8.10. The molecule has 24 heavy (non-hydrogen) atoms. The molecule has 2 N–H and O–H groups in total. The third-order valence-corrected chi connectivity index (χ3v) is 4.70. The summed E-state index contributed by atoms with van der Waals surface area (Å²) in [5, 5.41) is 16.3. The maximum Gasteiger partial charge on any atom is 0.256 e. The van der Waals surface area contributed by atoms with E-state index in [-0.39, 0.29) is 18.2 Å². The van der Waals surface area contributed by atoms with Gasteiger partial charge in [0.15, 0.2) is 0 Å². The van der Waals surface area contributed by atoms with Crippen LogP contribution in [0.3, 0.4) is 0 Å². The van der Waals surface area contributed by atoms with Crippen molar-refractivity contribution in [3.63, 3.8) is 0 Å². The largest absolute Gasteiger partial charge is 0.396 e. The number of rotatable bonds is 6. The van der Waals surface area contributed by atoms with Crippen molar-refractivity contribution in [1.82, 2.24) is 15.1 Å². The van der Waals surface area contributed by atoms with E-state index in [0.29, 0.717) is 18.0 Å². The number of benzene rings is 1. The monoisotopic (exact) mass is 331 g/mol. The molecule has 5 nitrogen and oxygen atoms in total. The van der Waals surface area contributed by atoms with Gasteiger partial charge in [-0.25, -0.2) is 9.07 Å². The average molecular weight is 331 g/mol. The summed E-state index contributed by atoms with van der Waals surface area (Å²) >= 11 is 0. The molecular weight excluding hydrogens is 309 g/mol. The maximum atomic E-state index is 14.4. The molecule has 1 fully saturated rings. The number of hydrogen-bond donors (Lipinski definition) is 2. The van der Waals surface area contributed by atoms with Crippen molar-refractivity contribution < 1.29 is 14.3 Å². The molecule has 0 bridgehead atoms. The van der Waals surface area contributed by atoms with E-state index in [1.807, 2.05) is 0 Å². The van der Waals surface area contributed by atoms with Crippen molar-refractivity contribution in [1.29, 1.82) is 0 Å². The Kier molecular flexibility index (Phi) is 5.25. The van der Waals surface area contributed by atoms with E-state index >= 15 is 0 Å². The van der Waals surface area contributed by atoms with Crippen LogP contribution in [0.2, 0.25) is 0 Å². The van der Waals surface area contributed by atoms with E-state index in [9.17, 15) is 14.3 Å². The van der Waals surface area contributed by atoms with Crippen LogP contribution in [0, 0.1) is 11.7 Å². The lowest BCUT2D eigenvalue weighted by atomic mass is 9.95. The van der Waals surface area contributed by atoms with E-state index in [1.54, 1.807) is 30.6 Å². The van der Waals surface area contributed by atoms with Crippen LogP contribution in [0.4, 0.5) is 4.39 Å². The number of aromatic nitrogens is 2. The second kappa shape index (κ2) is 7.57. The highest BCUT2D eigenvalue weighted by Gasteiger charge is 2.28. The highest BCUT2D eigenvalue weighted by atomic mass is 19.1. The minimum absolute atomic E-state index is 0.00469. The number of nitrogens with one attached hydrogen (secondary N) is 1. The highest BCUT2D eigenvalue weighted by molar-refractivity contribution is 5.98. The molecule has 1 aliphatic carbocycles. The third-order valence-electron chi connectivity index (χ3n) is 4.70. The molecule has 1 aliphatic rings. The molecular formula is C18H22FN3O2. The van der Waals surface area contributed by atoms with Gasteiger partial charge in [0, 0.05) is 25.0 Å². The number of carbonyl (C=O) groups is 1. The number of carbonyl (C=O) groups excluding carboxylic acids is 1. The molecule has 0 saturated heterocycles. The molecule has 128 valence electrons. The molecule has 0 spiro atoms. The number of nitrogens with zero attached hydrogens (tertiary/aromatic N) is 2. The number of amides is 1. The summed E-state index contributed by atoms with van der Waals surface area (Å²) in [6.45, 7) is 0.00469. The fourth-order valence-electron chi connectivity index (χ4n) is 3.50. The van der Waals surface area contributed by atoms with Crippen LogP contribution in [0.5, 0.6) is 0 Å². The zero-order chi connectivity index (χ0) is 16.9. The van der Waals surface area contributed by atoms with Gasteiger partial charge in [0.25, 0.3) is 5.91 Å². The summed E-state index contributed by atoms with van der Waals surface area (Å²) in [4.78, 5) is 12.7. The minimum Gasteiger partial charge on any atom is -0.396 e. The predicted octanol–water partition coefficient (Wildman–Crippen LogP) is 2.68. The Labute approximate surface area is 140 Å². The van der Waals surface area contributed by atoms with Crippen LogP contribution >= 0.6 is 0 Å². The van der Waals surface area contributed by atoms with Gasteiger partial charge in [0.05, 0.1) is 5.69 Å². The van der Waals surface area contributed by atoms with E-state index < -0.39 is 11.7 Å². The molecule has 2 aromatic rings. The zero-order valence-electron chi connectivity index (χ0n) is 13.5. The first kappa shape index (κ1) is 16.6. The first-order valence-corrected chi connectivity index (χ1v) is 8.41. The van der Waals surface area contributed by atoms with Gasteiger partial charge < -0.3 is 10.4 Å². The summed E-state index contributed by atoms with van der Waals surface area (Å²) < 4.78 is 15.8. The van der Waals surface area contributed by atoms with E-state index in [1.165, 1.54) is 10.7 Å². The van der Waals surface area contributed by atoms with Crippen LogP contribution in [-0.4, -0.2) is 33.4 Å². The standard InChI is InChI=1S/C18H22FN3O2/c19-14-7-3-8-16(22-11-4-10-20-22)17(14)18(24)21-15(9-12-23)13-5-1-2-6-13/h3-4,7-8,10-11,13,15,23H,1-2,5-6,9,12H2,(H,21,24). The summed E-state index contributed by atoms with van der Waals surface area (Å²) in [5.41, 5.74) is 0.397. The van der Waals surface area contributed by atoms with Crippen LogP contribution in [0.25, 0.3) is 5.69 Å². The number of halogens is 1. The van der Waals surface area contributed by atoms with Gasteiger partial charge >= 0.3 is 0 Å². The van der Waals surface area contributed by atoms with Gasteiger partial charge in [0.2, 0.25) is 0 Å². The molecule has 1 aromatic carbocycles. The fourth-order valence-corrected chi connectivity index (χ4v) is 3.50. The van der Waals surface area contributed by atoms with Crippen molar-refractivity contribution in [2.45, 2.75) is 38.1 Å². The Bertz CT molecular complexity index is 682. The second-order valence-corrected chi connectivity index (χ2v) is 6.22. The number of hydrogen-bond acceptors (Lipinski definition) is 3. The Morgan fingerprint density at radius 1 is 1.38 bits per heavy atom. The van der Waals surface area contributed by atoms with E-state index in [4.69, 9.17) is 0 Å². The van der Waals surface area contributed by atoms with Crippen molar-refractivity contribution in [2.24, 2.45) is 5.92 Å². The first-order valence-electron chi connectivity index (χ1n) is 8.41. The SMILES string of the molecule is O=C(NC(CCO)C1CCCC1)c1c(F)cccc1-n1cccn1. The molecule has 1 amide bonds. The normalized spacial score (nSPS) is 16.2. The fraction of sp³-hybridized carbons (Fsp3) is 0.444. The molecule has 0 radical (unpaired) electrons. The van der Waals surface area contributed by atoms with Crippen LogP contribution < -0.4 is 5.32 Å². The van der Waals surface area contributed by atoms with Crippen molar-refractivity contribution >= 4 is 5.91 Å². The molecule has 3 rings (SSSR count). The molecule has 1 unspecified atom stereocenters. The molecule has 1 heterocycles. The third kappa shape index (κ3) is 3.48.